The van der Waals surface area contributed by atoms with Gasteiger partial charge in [-0.05, 0) is 56.2 Å². The Morgan fingerprint density at radius 2 is 2.16 bits per heavy atom. The maximum Gasteiger partial charge on any atom is 0.340 e. The van der Waals surface area contributed by atoms with Crippen LogP contribution in [0.2, 0.25) is 0 Å². The van der Waals surface area contributed by atoms with E-state index in [1.807, 2.05) is 25.1 Å². The van der Waals surface area contributed by atoms with Crippen molar-refractivity contribution in [3.63, 3.8) is 0 Å². The third-order valence-corrected chi connectivity index (χ3v) is 3.42. The summed E-state index contributed by atoms with van der Waals surface area (Å²) >= 11 is 0. The van der Waals surface area contributed by atoms with E-state index >= 15 is 0 Å². The Morgan fingerprint density at radius 3 is 2.79 bits per heavy atom. The van der Waals surface area contributed by atoms with Gasteiger partial charge in [0.2, 0.25) is 0 Å². The van der Waals surface area contributed by atoms with Crippen molar-refractivity contribution in [1.82, 2.24) is 0 Å². The zero-order valence-corrected chi connectivity index (χ0v) is 11.9. The Labute approximate surface area is 114 Å². The van der Waals surface area contributed by atoms with Gasteiger partial charge in [-0.25, -0.2) is 4.79 Å². The van der Waals surface area contributed by atoms with Gasteiger partial charge in [0.1, 0.15) is 5.75 Å². The van der Waals surface area contributed by atoms with Gasteiger partial charge in [0.05, 0.1) is 6.61 Å². The van der Waals surface area contributed by atoms with E-state index in [1.165, 1.54) is 12.8 Å². The SMILES string of the molecule is CCc1ccc(C)cc1OC(=O)C(C)OCC1CC1. The van der Waals surface area contributed by atoms with Crippen LogP contribution in [0.1, 0.15) is 37.8 Å². The average molecular weight is 262 g/mol. The van der Waals surface area contributed by atoms with E-state index in [0.29, 0.717) is 18.3 Å². The minimum absolute atomic E-state index is 0.305. The molecule has 1 aliphatic rings. The third kappa shape index (κ3) is 4.06. The highest BCUT2D eigenvalue weighted by Crippen LogP contribution is 2.29. The van der Waals surface area contributed by atoms with Gasteiger partial charge in [-0.3, -0.25) is 0 Å². The molecule has 104 valence electrons. The molecule has 3 heteroatoms. The maximum absolute atomic E-state index is 12.0. The Balaban J connectivity index is 1.94. The predicted molar refractivity (Wildman–Crippen MR) is 74.3 cm³/mol. The molecule has 0 amide bonds. The molecule has 1 atom stereocenters. The fourth-order valence-electron chi connectivity index (χ4n) is 1.87. The van der Waals surface area contributed by atoms with Crippen molar-refractivity contribution in [2.75, 3.05) is 6.61 Å². The van der Waals surface area contributed by atoms with Crippen molar-refractivity contribution in [3.05, 3.63) is 29.3 Å². The van der Waals surface area contributed by atoms with E-state index in [4.69, 9.17) is 9.47 Å². The number of rotatable bonds is 6. The van der Waals surface area contributed by atoms with Crippen LogP contribution in [-0.2, 0) is 16.0 Å². The molecule has 1 fully saturated rings. The molecule has 0 heterocycles. The van der Waals surface area contributed by atoms with E-state index < -0.39 is 6.10 Å². The molecular weight excluding hydrogens is 240 g/mol. The van der Waals surface area contributed by atoms with E-state index in [0.717, 1.165) is 17.5 Å². The molecule has 3 nitrogen and oxygen atoms in total. The van der Waals surface area contributed by atoms with Crippen LogP contribution >= 0.6 is 0 Å². The van der Waals surface area contributed by atoms with Crippen molar-refractivity contribution < 1.29 is 14.3 Å². The number of aryl methyl sites for hydroxylation is 2. The number of esters is 1. The Morgan fingerprint density at radius 1 is 1.42 bits per heavy atom. The quantitative estimate of drug-likeness (QED) is 0.583. The highest BCUT2D eigenvalue weighted by molar-refractivity contribution is 5.77. The summed E-state index contributed by atoms with van der Waals surface area (Å²) in [5.41, 5.74) is 2.14. The Kier molecular flexibility index (Phi) is 4.59. The summed E-state index contributed by atoms with van der Waals surface area (Å²) in [6.45, 7) is 6.47. The van der Waals surface area contributed by atoms with E-state index in [-0.39, 0.29) is 5.97 Å². The Bertz CT molecular complexity index is 449. The first-order chi connectivity index (χ1) is 9.10. The predicted octanol–water partition coefficient (Wildman–Crippen LogP) is 3.28. The highest BCUT2D eigenvalue weighted by Gasteiger charge is 2.25. The molecule has 1 saturated carbocycles. The van der Waals surface area contributed by atoms with Crippen molar-refractivity contribution >= 4 is 5.97 Å². The standard InChI is InChI=1S/C16H22O3/c1-4-14-8-5-11(2)9-15(14)19-16(17)12(3)18-10-13-6-7-13/h5,8-9,12-13H,4,6-7,10H2,1-3H3. The second-order valence-electron chi connectivity index (χ2n) is 5.30. The van der Waals surface area contributed by atoms with Gasteiger partial charge in [-0.2, -0.15) is 0 Å². The number of hydrogen-bond donors (Lipinski definition) is 0. The van der Waals surface area contributed by atoms with Gasteiger partial charge in [0, 0.05) is 0 Å². The summed E-state index contributed by atoms with van der Waals surface area (Å²) in [4.78, 5) is 12.0. The van der Waals surface area contributed by atoms with Gasteiger partial charge < -0.3 is 9.47 Å². The lowest BCUT2D eigenvalue weighted by Crippen LogP contribution is -2.27. The first-order valence-corrected chi connectivity index (χ1v) is 7.03. The molecule has 0 bridgehead atoms. The highest BCUT2D eigenvalue weighted by atomic mass is 16.6. The summed E-state index contributed by atoms with van der Waals surface area (Å²) in [6, 6.07) is 5.95. The molecule has 0 aromatic heterocycles. The van der Waals surface area contributed by atoms with Gasteiger partial charge in [-0.15, -0.1) is 0 Å². The lowest BCUT2D eigenvalue weighted by atomic mass is 10.1. The zero-order valence-electron chi connectivity index (χ0n) is 11.9. The Hall–Kier alpha value is -1.35. The van der Waals surface area contributed by atoms with Crippen LogP contribution in [0.4, 0.5) is 0 Å². The molecule has 0 saturated heterocycles. The number of ether oxygens (including phenoxy) is 2. The smallest absolute Gasteiger partial charge is 0.340 e. The maximum atomic E-state index is 12.0. The normalized spacial score (nSPS) is 16.2. The van der Waals surface area contributed by atoms with Crippen LogP contribution in [0, 0.1) is 12.8 Å². The van der Waals surface area contributed by atoms with Gasteiger partial charge in [0.15, 0.2) is 6.10 Å². The second kappa shape index (κ2) is 6.20. The molecule has 2 rings (SSSR count). The molecule has 0 radical (unpaired) electrons. The van der Waals surface area contributed by atoms with Crippen LogP contribution in [0.25, 0.3) is 0 Å². The van der Waals surface area contributed by atoms with Crippen molar-refractivity contribution in [2.24, 2.45) is 5.92 Å². The van der Waals surface area contributed by atoms with Crippen LogP contribution in [0.3, 0.4) is 0 Å². The fraction of sp³-hybridized carbons (Fsp3) is 0.562. The van der Waals surface area contributed by atoms with Gasteiger partial charge in [-0.1, -0.05) is 19.1 Å². The summed E-state index contributed by atoms with van der Waals surface area (Å²) in [5, 5.41) is 0. The van der Waals surface area contributed by atoms with Crippen molar-refractivity contribution in [2.45, 2.75) is 46.1 Å². The van der Waals surface area contributed by atoms with Crippen LogP contribution in [-0.4, -0.2) is 18.7 Å². The minimum atomic E-state index is -0.495. The number of hydrogen-bond acceptors (Lipinski definition) is 3. The molecule has 1 aromatic rings. The van der Waals surface area contributed by atoms with Gasteiger partial charge >= 0.3 is 5.97 Å². The molecule has 1 aliphatic carbocycles. The van der Waals surface area contributed by atoms with Crippen LogP contribution in [0.15, 0.2) is 18.2 Å². The van der Waals surface area contributed by atoms with Gasteiger partial charge in [0.25, 0.3) is 0 Å². The molecular formula is C16H22O3. The number of carbonyl (C=O) groups excluding carboxylic acids is 1. The summed E-state index contributed by atoms with van der Waals surface area (Å²) in [5.74, 6) is 1.01. The zero-order chi connectivity index (χ0) is 13.8. The van der Waals surface area contributed by atoms with E-state index in [2.05, 4.69) is 6.92 Å². The molecule has 0 spiro atoms. The monoisotopic (exact) mass is 262 g/mol. The van der Waals surface area contributed by atoms with E-state index in [9.17, 15) is 4.79 Å². The van der Waals surface area contributed by atoms with Crippen molar-refractivity contribution in [3.8, 4) is 5.75 Å². The first kappa shape index (κ1) is 14.1. The summed E-state index contributed by atoms with van der Waals surface area (Å²) in [6.07, 6.45) is 2.80. The second-order valence-corrected chi connectivity index (χ2v) is 5.30. The lowest BCUT2D eigenvalue weighted by Gasteiger charge is -2.14. The third-order valence-electron chi connectivity index (χ3n) is 3.42. The number of carbonyl (C=O) groups is 1. The summed E-state index contributed by atoms with van der Waals surface area (Å²) in [7, 11) is 0. The molecule has 0 N–H and O–H groups in total. The fourth-order valence-corrected chi connectivity index (χ4v) is 1.87. The molecule has 0 aliphatic heterocycles. The van der Waals surface area contributed by atoms with Crippen molar-refractivity contribution in [1.29, 1.82) is 0 Å². The summed E-state index contributed by atoms with van der Waals surface area (Å²) < 4.78 is 11.0. The molecule has 1 unspecified atom stereocenters. The number of benzene rings is 1. The van der Waals surface area contributed by atoms with E-state index in [1.54, 1.807) is 6.92 Å². The lowest BCUT2D eigenvalue weighted by molar-refractivity contribution is -0.146. The van der Waals surface area contributed by atoms with Crippen LogP contribution < -0.4 is 4.74 Å². The minimum Gasteiger partial charge on any atom is -0.424 e. The molecule has 1 aromatic carbocycles. The van der Waals surface area contributed by atoms with Crippen LogP contribution in [0.5, 0.6) is 5.75 Å². The molecule has 19 heavy (non-hydrogen) atoms. The topological polar surface area (TPSA) is 35.5 Å². The largest absolute Gasteiger partial charge is 0.424 e. The first-order valence-electron chi connectivity index (χ1n) is 7.03. The average Bonchev–Trinajstić information content (AvgIpc) is 3.20.